The van der Waals surface area contributed by atoms with Crippen LogP contribution in [-0.2, 0) is 33.3 Å². The zero-order valence-corrected chi connectivity index (χ0v) is 25.0. The Morgan fingerprint density at radius 1 is 1.07 bits per heavy atom. The number of hydrogen-bond donors (Lipinski definition) is 3. The van der Waals surface area contributed by atoms with Gasteiger partial charge in [0.25, 0.3) is 0 Å². The van der Waals surface area contributed by atoms with Gasteiger partial charge in [-0.2, -0.15) is 0 Å². The second kappa shape index (κ2) is 10.4. The van der Waals surface area contributed by atoms with Gasteiger partial charge < -0.3 is 39.0 Å². The first-order chi connectivity index (χ1) is 20.1. The van der Waals surface area contributed by atoms with Gasteiger partial charge >= 0.3 is 18.1 Å². The first-order valence-electron chi connectivity index (χ1n) is 14.3. The van der Waals surface area contributed by atoms with Crippen LogP contribution in [0.2, 0.25) is 0 Å². The first kappa shape index (κ1) is 31.1. The molecule has 5 rings (SSSR count). The summed E-state index contributed by atoms with van der Waals surface area (Å²) in [7, 11) is 1.10. The second-order valence-electron chi connectivity index (χ2n) is 12.8. The Morgan fingerprint density at radius 3 is 2.28 bits per heavy atom. The molecule has 1 aliphatic heterocycles. The predicted octanol–water partition coefficient (Wildman–Crippen LogP) is 2.08. The lowest BCUT2D eigenvalue weighted by Gasteiger charge is -2.66. The molecule has 12 nitrogen and oxygen atoms in total. The van der Waals surface area contributed by atoms with Gasteiger partial charge in [-0.05, 0) is 24.6 Å². The summed E-state index contributed by atoms with van der Waals surface area (Å²) in [5.41, 5.74) is -7.03. The smallest absolute Gasteiger partial charge is 0.455 e. The molecule has 1 aromatic rings. The molecule has 0 amide bonds. The van der Waals surface area contributed by atoms with Gasteiger partial charge in [-0.1, -0.05) is 39.0 Å². The van der Waals surface area contributed by atoms with Gasteiger partial charge in [0.05, 0.1) is 42.8 Å². The van der Waals surface area contributed by atoms with Gasteiger partial charge in [0.2, 0.25) is 5.78 Å². The lowest BCUT2D eigenvalue weighted by atomic mass is 9.45. The Hall–Kier alpha value is -3.32. The van der Waals surface area contributed by atoms with Crippen molar-refractivity contribution in [3.05, 3.63) is 47.2 Å². The van der Waals surface area contributed by atoms with Crippen LogP contribution >= 0.6 is 0 Å². The molecule has 0 radical (unpaired) electrons. The van der Waals surface area contributed by atoms with Crippen LogP contribution in [-0.4, -0.2) is 88.5 Å². The van der Waals surface area contributed by atoms with Crippen molar-refractivity contribution in [2.75, 3.05) is 13.7 Å². The Balaban J connectivity index is 1.86. The number of ketones is 1. The molecule has 43 heavy (non-hydrogen) atoms. The van der Waals surface area contributed by atoms with Gasteiger partial charge in [-0.25, -0.2) is 9.59 Å². The van der Waals surface area contributed by atoms with E-state index >= 15 is 0 Å². The van der Waals surface area contributed by atoms with E-state index in [0.717, 1.165) is 14.0 Å². The summed E-state index contributed by atoms with van der Waals surface area (Å²) < 4.78 is 28.1. The number of rotatable bonds is 4. The highest BCUT2D eigenvalue weighted by Crippen LogP contribution is 2.64. The summed E-state index contributed by atoms with van der Waals surface area (Å²) in [4.78, 5) is 53.6. The van der Waals surface area contributed by atoms with Crippen molar-refractivity contribution >= 4 is 23.9 Å². The van der Waals surface area contributed by atoms with E-state index in [-0.39, 0.29) is 30.6 Å². The number of aliphatic hydroxyl groups is 3. The maximum Gasteiger partial charge on any atom is 0.508 e. The quantitative estimate of drug-likeness (QED) is 0.339. The van der Waals surface area contributed by atoms with Crippen LogP contribution in [0.25, 0.3) is 0 Å². The fourth-order valence-corrected chi connectivity index (χ4v) is 7.82. The third kappa shape index (κ3) is 4.33. The normalized spacial score (nSPS) is 39.6. The van der Waals surface area contributed by atoms with Crippen LogP contribution in [0.1, 0.15) is 57.8 Å². The number of esters is 2. The van der Waals surface area contributed by atoms with Crippen molar-refractivity contribution < 1.29 is 58.2 Å². The zero-order valence-electron chi connectivity index (χ0n) is 25.0. The van der Waals surface area contributed by atoms with Crippen LogP contribution < -0.4 is 0 Å². The average Bonchev–Trinajstić information content (AvgIpc) is 2.95. The van der Waals surface area contributed by atoms with Gasteiger partial charge in [-0.3, -0.25) is 9.59 Å². The molecule has 4 aliphatic rings. The molecule has 234 valence electrons. The number of fused-ring (bicyclic) bond motifs is 5. The maximum absolute atomic E-state index is 14.8. The van der Waals surface area contributed by atoms with Crippen molar-refractivity contribution in [1.29, 1.82) is 0 Å². The highest BCUT2D eigenvalue weighted by molar-refractivity contribution is 6.02. The van der Waals surface area contributed by atoms with Crippen LogP contribution in [0.3, 0.4) is 0 Å². The first-order valence-corrected chi connectivity index (χ1v) is 14.3. The molecule has 3 unspecified atom stereocenters. The largest absolute Gasteiger partial charge is 0.508 e. The Morgan fingerprint density at radius 2 is 1.72 bits per heavy atom. The van der Waals surface area contributed by atoms with Crippen molar-refractivity contribution in [2.45, 2.75) is 83.1 Å². The number of hydrogen-bond acceptors (Lipinski definition) is 12. The van der Waals surface area contributed by atoms with E-state index in [0.29, 0.717) is 0 Å². The highest BCUT2D eigenvalue weighted by atomic mass is 16.8. The third-order valence-electron chi connectivity index (χ3n) is 10.3. The highest BCUT2D eigenvalue weighted by Gasteiger charge is 2.78. The fourth-order valence-electron chi connectivity index (χ4n) is 7.82. The molecule has 0 spiro atoms. The monoisotopic (exact) mass is 602 g/mol. The molecule has 2 saturated carbocycles. The SMILES string of the molecule is COC(=O)O[C@@]12CO[C@@H]1CC(O)[C@@]1(C)C(=O)C(OC(C)=O)=C3C(C)[C@@H](O)C[C@@](O)([C@@H](OC(=O)c4ccccc4)C12)C3(C)C. The Labute approximate surface area is 248 Å². The maximum atomic E-state index is 14.8. The molecular weight excluding hydrogens is 564 g/mol. The van der Waals surface area contributed by atoms with Crippen LogP contribution in [0.5, 0.6) is 0 Å². The lowest BCUT2D eigenvalue weighted by molar-refractivity contribution is -0.343. The summed E-state index contributed by atoms with van der Waals surface area (Å²) in [6.07, 6.45) is -7.00. The molecule has 2 bridgehead atoms. The summed E-state index contributed by atoms with van der Waals surface area (Å²) in [5.74, 6) is -5.17. The van der Waals surface area contributed by atoms with Crippen LogP contribution in [0.15, 0.2) is 41.7 Å². The molecule has 3 fully saturated rings. The minimum Gasteiger partial charge on any atom is -0.455 e. The average molecular weight is 603 g/mol. The van der Waals surface area contributed by atoms with Crippen molar-refractivity contribution in [3.63, 3.8) is 0 Å². The van der Waals surface area contributed by atoms with E-state index in [9.17, 15) is 34.5 Å². The molecule has 12 heteroatoms. The fraction of sp³-hybridized carbons (Fsp3) is 0.613. The molecular formula is C31H38O12. The van der Waals surface area contributed by atoms with Crippen LogP contribution in [0.4, 0.5) is 4.79 Å². The van der Waals surface area contributed by atoms with E-state index in [2.05, 4.69) is 0 Å². The summed E-state index contributed by atoms with van der Waals surface area (Å²) in [6, 6.07) is 7.98. The topological polar surface area (TPSA) is 175 Å². The van der Waals surface area contributed by atoms with Gasteiger partial charge in [0.1, 0.15) is 17.8 Å². The number of Topliss-reactive ketones (excluding diaryl/α,β-unsaturated/α-hetero) is 1. The summed E-state index contributed by atoms with van der Waals surface area (Å²) in [5, 5.41) is 35.9. The molecule has 9 atom stereocenters. The Kier molecular flexibility index (Phi) is 7.52. The summed E-state index contributed by atoms with van der Waals surface area (Å²) in [6.45, 7) is 7.10. The van der Waals surface area contributed by atoms with E-state index in [1.54, 1.807) is 39.0 Å². The van der Waals surface area contributed by atoms with Gasteiger partial charge in [-0.15, -0.1) is 0 Å². The molecule has 1 aromatic carbocycles. The van der Waals surface area contributed by atoms with E-state index in [1.165, 1.54) is 19.1 Å². The van der Waals surface area contributed by atoms with Crippen molar-refractivity contribution in [3.8, 4) is 0 Å². The number of benzene rings is 1. The number of carbonyl (C=O) groups excluding carboxylic acids is 4. The van der Waals surface area contributed by atoms with E-state index in [4.69, 9.17) is 23.7 Å². The van der Waals surface area contributed by atoms with E-state index < -0.39 is 87.9 Å². The molecule has 1 saturated heterocycles. The molecule has 3 N–H and O–H groups in total. The lowest BCUT2D eigenvalue weighted by Crippen LogP contribution is -2.81. The zero-order chi connectivity index (χ0) is 31.7. The van der Waals surface area contributed by atoms with Gasteiger partial charge in [0, 0.05) is 31.1 Å². The van der Waals surface area contributed by atoms with Gasteiger partial charge in [0.15, 0.2) is 11.4 Å². The van der Waals surface area contributed by atoms with Crippen LogP contribution in [0, 0.1) is 22.7 Å². The molecule has 3 aliphatic carbocycles. The number of aliphatic hydroxyl groups excluding tert-OH is 2. The second-order valence-corrected chi connectivity index (χ2v) is 12.8. The number of ether oxygens (including phenoxy) is 5. The number of methoxy groups -OCH3 is 1. The van der Waals surface area contributed by atoms with Crippen molar-refractivity contribution in [1.82, 2.24) is 0 Å². The van der Waals surface area contributed by atoms with E-state index in [1.807, 2.05) is 0 Å². The minimum atomic E-state index is -2.15. The summed E-state index contributed by atoms with van der Waals surface area (Å²) >= 11 is 0. The third-order valence-corrected chi connectivity index (χ3v) is 10.3. The number of carbonyl (C=O) groups is 4. The Bertz CT molecular complexity index is 1370. The van der Waals surface area contributed by atoms with Crippen molar-refractivity contribution in [2.24, 2.45) is 22.7 Å². The number of allylic oxidation sites excluding steroid dienone is 1. The molecule has 1 heterocycles. The standard InChI is InChI=1S/C31H38O12/c1-15-18(33)13-31(38)25(42-26(36)17-10-8-7-9-11-17)23-29(5,24(35)22(41-16(2)32)21(15)28(31,3)4)19(34)12-20-30(23,14-40-20)43-27(37)39-6/h7-11,15,18-20,23,25,33-34,38H,12-14H2,1-6H3/t15?,18-,19?,20+,23?,25-,29+,30-,31+/m0/s1. The molecule has 0 aromatic heterocycles. The predicted molar refractivity (Wildman–Crippen MR) is 146 cm³/mol. The minimum absolute atomic E-state index is 0.136.